The molecular weight excluding hydrogens is 174 g/mol. The molecule has 0 saturated carbocycles. The first kappa shape index (κ1) is 9.59. The van der Waals surface area contributed by atoms with E-state index in [4.69, 9.17) is 5.26 Å². The molecule has 0 amide bonds. The maximum absolute atomic E-state index is 12.2. The Morgan fingerprint density at radius 3 is 2.77 bits per heavy atom. The summed E-state index contributed by atoms with van der Waals surface area (Å²) in [6.07, 6.45) is -1.22. The van der Waals surface area contributed by atoms with Gasteiger partial charge >= 0.3 is 0 Å². The fraction of sp³-hybridized carbons (Fsp3) is 0.333. The number of aromatic nitrogens is 1. The van der Waals surface area contributed by atoms with E-state index in [1.54, 1.807) is 6.92 Å². The summed E-state index contributed by atoms with van der Waals surface area (Å²) in [5, 5.41) is 8.38. The van der Waals surface area contributed by atoms with E-state index in [0.29, 0.717) is 11.3 Å². The van der Waals surface area contributed by atoms with Crippen molar-refractivity contribution in [2.75, 3.05) is 0 Å². The van der Waals surface area contributed by atoms with Crippen molar-refractivity contribution in [2.24, 2.45) is 0 Å². The summed E-state index contributed by atoms with van der Waals surface area (Å²) in [5.41, 5.74) is 1.10. The van der Waals surface area contributed by atoms with Crippen molar-refractivity contribution in [3.05, 3.63) is 29.1 Å². The van der Waals surface area contributed by atoms with Crippen molar-refractivity contribution in [1.29, 1.82) is 5.26 Å². The average Bonchev–Trinajstić information content (AvgIpc) is 2.08. The van der Waals surface area contributed by atoms with Gasteiger partial charge in [-0.2, -0.15) is 5.26 Å². The number of hydrogen-bond donors (Lipinski definition) is 0. The minimum atomic E-state index is -2.50. The number of pyridine rings is 1. The van der Waals surface area contributed by atoms with Crippen molar-refractivity contribution in [2.45, 2.75) is 19.8 Å². The van der Waals surface area contributed by atoms with Gasteiger partial charge in [0.2, 0.25) is 0 Å². The van der Waals surface area contributed by atoms with E-state index in [1.807, 2.05) is 6.07 Å². The zero-order chi connectivity index (χ0) is 9.84. The minimum absolute atomic E-state index is 0.0980. The fourth-order valence-electron chi connectivity index (χ4n) is 1.00. The lowest BCUT2D eigenvalue weighted by atomic mass is 10.1. The van der Waals surface area contributed by atoms with Crippen LogP contribution in [-0.4, -0.2) is 4.98 Å². The summed E-state index contributed by atoms with van der Waals surface area (Å²) in [6, 6.07) is 3.29. The van der Waals surface area contributed by atoms with Gasteiger partial charge in [0.05, 0.1) is 18.2 Å². The Morgan fingerprint density at radius 1 is 1.62 bits per heavy atom. The molecule has 0 saturated heterocycles. The van der Waals surface area contributed by atoms with Gasteiger partial charge in [0.15, 0.2) is 0 Å². The van der Waals surface area contributed by atoms with Crippen LogP contribution < -0.4 is 0 Å². The van der Waals surface area contributed by atoms with Gasteiger partial charge in [-0.3, -0.25) is 4.98 Å². The fourth-order valence-corrected chi connectivity index (χ4v) is 1.00. The third kappa shape index (κ3) is 2.22. The van der Waals surface area contributed by atoms with Crippen LogP contribution in [0.4, 0.5) is 8.78 Å². The number of aryl methyl sites for hydroxylation is 1. The predicted octanol–water partition coefficient (Wildman–Crippen LogP) is 2.39. The van der Waals surface area contributed by atoms with E-state index < -0.39 is 6.43 Å². The molecule has 0 spiro atoms. The smallest absolute Gasteiger partial charge is 0.259 e. The Balaban J connectivity index is 3.00. The molecule has 0 aliphatic rings. The van der Waals surface area contributed by atoms with E-state index in [-0.39, 0.29) is 12.0 Å². The van der Waals surface area contributed by atoms with E-state index >= 15 is 0 Å². The van der Waals surface area contributed by atoms with Crippen LogP contribution in [0, 0.1) is 18.3 Å². The lowest BCUT2D eigenvalue weighted by Gasteiger charge is -2.03. The van der Waals surface area contributed by atoms with Crippen LogP contribution in [0.1, 0.15) is 23.2 Å². The first-order valence-corrected chi connectivity index (χ1v) is 3.75. The molecule has 2 nitrogen and oxygen atoms in total. The molecule has 1 rings (SSSR count). The monoisotopic (exact) mass is 182 g/mol. The van der Waals surface area contributed by atoms with Crippen molar-refractivity contribution < 1.29 is 8.78 Å². The quantitative estimate of drug-likeness (QED) is 0.704. The number of hydrogen-bond acceptors (Lipinski definition) is 2. The van der Waals surface area contributed by atoms with Crippen LogP contribution in [0.15, 0.2) is 12.3 Å². The van der Waals surface area contributed by atoms with E-state index in [1.165, 1.54) is 6.07 Å². The van der Waals surface area contributed by atoms with Crippen molar-refractivity contribution >= 4 is 0 Å². The van der Waals surface area contributed by atoms with Crippen molar-refractivity contribution in [3.63, 3.8) is 0 Å². The molecule has 1 aromatic rings. The molecule has 0 unspecified atom stereocenters. The third-order valence-electron chi connectivity index (χ3n) is 1.71. The molecule has 0 atom stereocenters. The Kier molecular flexibility index (Phi) is 2.91. The molecule has 1 aromatic heterocycles. The number of halogens is 2. The first-order chi connectivity index (χ1) is 6.15. The summed E-state index contributed by atoms with van der Waals surface area (Å²) < 4.78 is 24.3. The number of rotatable bonds is 2. The van der Waals surface area contributed by atoms with Crippen molar-refractivity contribution in [1.82, 2.24) is 4.98 Å². The second kappa shape index (κ2) is 3.94. The highest BCUT2D eigenvalue weighted by atomic mass is 19.3. The molecule has 0 fully saturated rings. The summed E-state index contributed by atoms with van der Waals surface area (Å²) in [5.74, 6) is 0. The van der Waals surface area contributed by atoms with Crippen molar-refractivity contribution in [3.8, 4) is 6.07 Å². The van der Waals surface area contributed by atoms with Crippen LogP contribution in [0.2, 0.25) is 0 Å². The standard InChI is InChI=1S/C9H8F2N2/c1-6-4-7(9(10)11)5-13-8(6)2-3-12/h4-5,9H,2H2,1H3. The molecule has 4 heteroatoms. The Bertz CT molecular complexity index is 342. The lowest BCUT2D eigenvalue weighted by Crippen LogP contribution is -1.95. The maximum Gasteiger partial charge on any atom is 0.265 e. The molecule has 0 radical (unpaired) electrons. The first-order valence-electron chi connectivity index (χ1n) is 3.75. The van der Waals surface area contributed by atoms with Gasteiger partial charge in [-0.25, -0.2) is 8.78 Å². The summed E-state index contributed by atoms with van der Waals surface area (Å²) >= 11 is 0. The summed E-state index contributed by atoms with van der Waals surface area (Å²) in [6.45, 7) is 1.67. The van der Waals surface area contributed by atoms with Gasteiger partial charge in [-0.05, 0) is 18.6 Å². The number of nitrogens with zero attached hydrogens (tertiary/aromatic N) is 2. The van der Waals surface area contributed by atoms with E-state index in [2.05, 4.69) is 4.98 Å². The molecule has 1 heterocycles. The van der Waals surface area contributed by atoms with Gasteiger partial charge in [-0.15, -0.1) is 0 Å². The molecule has 0 aliphatic heterocycles. The van der Waals surface area contributed by atoms with Gasteiger partial charge in [-0.1, -0.05) is 0 Å². The second-order valence-corrected chi connectivity index (χ2v) is 2.67. The minimum Gasteiger partial charge on any atom is -0.259 e. The lowest BCUT2D eigenvalue weighted by molar-refractivity contribution is 0.151. The topological polar surface area (TPSA) is 36.7 Å². The van der Waals surface area contributed by atoms with Crippen LogP contribution in [0.3, 0.4) is 0 Å². The molecular formula is C9H8F2N2. The largest absolute Gasteiger partial charge is 0.265 e. The van der Waals surface area contributed by atoms with Crippen LogP contribution >= 0.6 is 0 Å². The number of alkyl halides is 2. The Labute approximate surface area is 74.8 Å². The Hall–Kier alpha value is -1.50. The Morgan fingerprint density at radius 2 is 2.31 bits per heavy atom. The van der Waals surface area contributed by atoms with E-state index in [0.717, 1.165) is 6.20 Å². The second-order valence-electron chi connectivity index (χ2n) is 2.67. The van der Waals surface area contributed by atoms with Crippen LogP contribution in [0.5, 0.6) is 0 Å². The highest BCUT2D eigenvalue weighted by Crippen LogP contribution is 2.19. The molecule has 0 bridgehead atoms. The molecule has 0 N–H and O–H groups in total. The maximum atomic E-state index is 12.2. The van der Waals surface area contributed by atoms with Gasteiger partial charge < -0.3 is 0 Å². The number of nitriles is 1. The molecule has 0 aromatic carbocycles. The third-order valence-corrected chi connectivity index (χ3v) is 1.71. The van der Waals surface area contributed by atoms with E-state index in [9.17, 15) is 8.78 Å². The van der Waals surface area contributed by atoms with Crippen LogP contribution in [0.25, 0.3) is 0 Å². The van der Waals surface area contributed by atoms with Gasteiger partial charge in [0.25, 0.3) is 6.43 Å². The average molecular weight is 182 g/mol. The zero-order valence-corrected chi connectivity index (χ0v) is 7.09. The molecule has 13 heavy (non-hydrogen) atoms. The van der Waals surface area contributed by atoms with Crippen LogP contribution in [-0.2, 0) is 6.42 Å². The van der Waals surface area contributed by atoms with Gasteiger partial charge in [0, 0.05) is 11.8 Å². The zero-order valence-electron chi connectivity index (χ0n) is 7.09. The predicted molar refractivity (Wildman–Crippen MR) is 43.2 cm³/mol. The normalized spacial score (nSPS) is 10.1. The molecule has 68 valence electrons. The highest BCUT2D eigenvalue weighted by Gasteiger charge is 2.09. The molecule has 0 aliphatic carbocycles. The highest BCUT2D eigenvalue weighted by molar-refractivity contribution is 5.26. The summed E-state index contributed by atoms with van der Waals surface area (Å²) in [7, 11) is 0. The SMILES string of the molecule is Cc1cc(C(F)F)cnc1CC#N. The summed E-state index contributed by atoms with van der Waals surface area (Å²) in [4.78, 5) is 3.79. The van der Waals surface area contributed by atoms with Gasteiger partial charge in [0.1, 0.15) is 0 Å².